The molecule has 0 saturated carbocycles. The minimum absolute atomic E-state index is 0.0831. The lowest BCUT2D eigenvalue weighted by Crippen LogP contribution is -2.31. The number of carbonyl (C=O) groups is 2. The first kappa shape index (κ1) is 15.8. The molecule has 7 heteroatoms. The maximum atomic E-state index is 12.1. The zero-order chi connectivity index (χ0) is 15.4. The molecule has 0 fully saturated rings. The molecule has 2 aromatic rings. The van der Waals surface area contributed by atoms with Gasteiger partial charge in [0, 0.05) is 15.5 Å². The van der Waals surface area contributed by atoms with Gasteiger partial charge in [-0.25, -0.2) is 9.59 Å². The Bertz CT molecular complexity index is 658. The van der Waals surface area contributed by atoms with Crippen molar-refractivity contribution in [2.24, 2.45) is 0 Å². The Morgan fingerprint density at radius 2 is 2.14 bits per heavy atom. The van der Waals surface area contributed by atoms with Gasteiger partial charge in [0.05, 0.1) is 17.8 Å². The fourth-order valence-electron chi connectivity index (χ4n) is 1.72. The number of rotatable bonds is 4. The van der Waals surface area contributed by atoms with Crippen LogP contribution < -0.4 is 5.32 Å². The van der Waals surface area contributed by atoms with Crippen LogP contribution in [0.25, 0.3) is 0 Å². The number of carboxylic acids is 1. The third-order valence-electron chi connectivity index (χ3n) is 2.77. The molecule has 0 aliphatic rings. The fourth-order valence-corrected chi connectivity index (χ4v) is 2.97. The third kappa shape index (κ3) is 4.18. The van der Waals surface area contributed by atoms with Crippen LogP contribution >= 0.6 is 33.9 Å². The summed E-state index contributed by atoms with van der Waals surface area (Å²) in [6.45, 7) is 0.482. The highest BCUT2D eigenvalue weighted by Gasteiger charge is 2.15. The predicted molar refractivity (Wildman–Crippen MR) is 90.9 cm³/mol. The van der Waals surface area contributed by atoms with Crippen LogP contribution in [0.2, 0.25) is 0 Å². The van der Waals surface area contributed by atoms with Crippen LogP contribution in [0.1, 0.15) is 15.2 Å². The number of benzene rings is 1. The number of carbonyl (C=O) groups excluding carboxylic acids is 1. The first-order valence-corrected chi connectivity index (χ1v) is 8.00. The summed E-state index contributed by atoms with van der Waals surface area (Å²) in [7, 11) is 1.67. The van der Waals surface area contributed by atoms with E-state index in [9.17, 15) is 14.7 Å². The molecular formula is C14H13IN2O3S. The molecule has 0 radical (unpaired) electrons. The molecule has 2 amide bonds. The van der Waals surface area contributed by atoms with E-state index < -0.39 is 5.97 Å². The summed E-state index contributed by atoms with van der Waals surface area (Å²) >= 11 is 3.60. The largest absolute Gasteiger partial charge is 0.478 e. The van der Waals surface area contributed by atoms with Crippen LogP contribution in [0.5, 0.6) is 0 Å². The maximum absolute atomic E-state index is 12.1. The Balaban J connectivity index is 2.10. The van der Waals surface area contributed by atoms with Crippen LogP contribution in [0.3, 0.4) is 0 Å². The summed E-state index contributed by atoms with van der Waals surface area (Å²) in [6.07, 6.45) is 0. The number of carboxylic acid groups (broad SMARTS) is 1. The molecule has 21 heavy (non-hydrogen) atoms. The van der Waals surface area contributed by atoms with Gasteiger partial charge >= 0.3 is 12.0 Å². The van der Waals surface area contributed by atoms with Gasteiger partial charge in [-0.15, -0.1) is 11.3 Å². The molecule has 0 atom stereocenters. The Morgan fingerprint density at radius 3 is 2.76 bits per heavy atom. The average molecular weight is 416 g/mol. The molecule has 0 unspecified atom stereocenters. The molecule has 1 aromatic heterocycles. The number of hydrogen-bond donors (Lipinski definition) is 2. The number of aromatic carboxylic acids is 1. The molecule has 5 nitrogen and oxygen atoms in total. The number of halogens is 1. The van der Waals surface area contributed by atoms with Crippen molar-refractivity contribution in [3.63, 3.8) is 0 Å². The molecule has 1 heterocycles. The van der Waals surface area contributed by atoms with Gasteiger partial charge in [-0.1, -0.05) is 6.07 Å². The summed E-state index contributed by atoms with van der Waals surface area (Å²) in [5, 5.41) is 13.8. The van der Waals surface area contributed by atoms with Gasteiger partial charge in [0.2, 0.25) is 0 Å². The van der Waals surface area contributed by atoms with Crippen molar-refractivity contribution in [1.82, 2.24) is 4.90 Å². The van der Waals surface area contributed by atoms with Crippen LogP contribution in [0, 0.1) is 3.57 Å². The van der Waals surface area contributed by atoms with Gasteiger partial charge in [0.1, 0.15) is 0 Å². The molecule has 110 valence electrons. The Morgan fingerprint density at radius 1 is 1.38 bits per heavy atom. The van der Waals surface area contributed by atoms with Crippen molar-refractivity contribution in [2.45, 2.75) is 6.54 Å². The molecule has 0 saturated heterocycles. The van der Waals surface area contributed by atoms with E-state index in [1.807, 2.05) is 40.1 Å². The summed E-state index contributed by atoms with van der Waals surface area (Å²) in [4.78, 5) is 25.9. The number of thiophene rings is 1. The molecule has 0 aliphatic heterocycles. The smallest absolute Gasteiger partial charge is 0.337 e. The lowest BCUT2D eigenvalue weighted by atomic mass is 10.2. The van der Waals surface area contributed by atoms with E-state index in [-0.39, 0.29) is 11.6 Å². The SMILES string of the molecule is CN(Cc1cccs1)C(=O)Nc1ccc(I)cc1C(=O)O. The fraction of sp³-hybridized carbons (Fsp3) is 0.143. The van der Waals surface area contributed by atoms with E-state index in [2.05, 4.69) is 5.32 Å². The zero-order valence-electron chi connectivity index (χ0n) is 11.2. The topological polar surface area (TPSA) is 69.6 Å². The van der Waals surface area contributed by atoms with Crippen LogP contribution in [-0.2, 0) is 6.54 Å². The lowest BCUT2D eigenvalue weighted by molar-refractivity contribution is 0.0698. The van der Waals surface area contributed by atoms with E-state index >= 15 is 0 Å². The predicted octanol–water partition coefficient (Wildman–Crippen LogP) is 3.71. The number of anilines is 1. The molecule has 2 rings (SSSR count). The van der Waals surface area contributed by atoms with Gasteiger partial charge < -0.3 is 15.3 Å². The van der Waals surface area contributed by atoms with E-state index in [1.54, 1.807) is 30.5 Å². The van der Waals surface area contributed by atoms with Gasteiger partial charge in [0.25, 0.3) is 0 Å². The van der Waals surface area contributed by atoms with Crippen molar-refractivity contribution in [2.75, 3.05) is 12.4 Å². The van der Waals surface area contributed by atoms with E-state index in [0.717, 1.165) is 8.45 Å². The Kier molecular flexibility index (Phi) is 5.18. The number of nitrogens with one attached hydrogen (secondary N) is 1. The lowest BCUT2D eigenvalue weighted by Gasteiger charge is -2.18. The van der Waals surface area contributed by atoms with E-state index in [1.165, 1.54) is 11.0 Å². The summed E-state index contributed by atoms with van der Waals surface area (Å²) < 4.78 is 0.801. The molecule has 0 aliphatic carbocycles. The van der Waals surface area contributed by atoms with Gasteiger partial charge in [-0.05, 0) is 52.2 Å². The number of nitrogens with zero attached hydrogens (tertiary/aromatic N) is 1. The van der Waals surface area contributed by atoms with Crippen molar-refractivity contribution in [3.05, 3.63) is 49.7 Å². The van der Waals surface area contributed by atoms with E-state index in [4.69, 9.17) is 0 Å². The molecule has 2 N–H and O–H groups in total. The van der Waals surface area contributed by atoms with Crippen molar-refractivity contribution in [1.29, 1.82) is 0 Å². The first-order valence-electron chi connectivity index (χ1n) is 6.04. The highest BCUT2D eigenvalue weighted by Crippen LogP contribution is 2.20. The second-order valence-corrected chi connectivity index (χ2v) is 6.64. The number of amides is 2. The van der Waals surface area contributed by atoms with E-state index in [0.29, 0.717) is 12.2 Å². The quantitative estimate of drug-likeness (QED) is 0.747. The average Bonchev–Trinajstić information content (AvgIpc) is 2.93. The first-order chi connectivity index (χ1) is 9.97. The maximum Gasteiger partial charge on any atom is 0.337 e. The van der Waals surface area contributed by atoms with Crippen molar-refractivity contribution < 1.29 is 14.7 Å². The standard InChI is InChI=1S/C14H13IN2O3S/c1-17(8-10-3-2-6-21-10)14(20)16-12-5-4-9(15)7-11(12)13(18)19/h2-7H,8H2,1H3,(H,16,20)(H,18,19). The number of hydrogen-bond acceptors (Lipinski definition) is 3. The normalized spacial score (nSPS) is 10.2. The van der Waals surface area contributed by atoms with Crippen LogP contribution in [-0.4, -0.2) is 29.1 Å². The summed E-state index contributed by atoms with van der Waals surface area (Å²) in [5.74, 6) is -1.07. The molecule has 0 spiro atoms. The second-order valence-electron chi connectivity index (χ2n) is 4.36. The number of urea groups is 1. The monoisotopic (exact) mass is 416 g/mol. The zero-order valence-corrected chi connectivity index (χ0v) is 14.1. The molecule has 1 aromatic carbocycles. The second kappa shape index (κ2) is 6.90. The minimum atomic E-state index is -1.07. The highest BCUT2D eigenvalue weighted by molar-refractivity contribution is 14.1. The minimum Gasteiger partial charge on any atom is -0.478 e. The van der Waals surface area contributed by atoms with Crippen LogP contribution in [0.4, 0.5) is 10.5 Å². The van der Waals surface area contributed by atoms with Crippen LogP contribution in [0.15, 0.2) is 35.7 Å². The third-order valence-corrected chi connectivity index (χ3v) is 4.31. The van der Waals surface area contributed by atoms with Gasteiger partial charge in [0.15, 0.2) is 0 Å². The van der Waals surface area contributed by atoms with Crippen molar-refractivity contribution in [3.8, 4) is 0 Å². The summed E-state index contributed by atoms with van der Waals surface area (Å²) in [5.41, 5.74) is 0.380. The van der Waals surface area contributed by atoms with Crippen molar-refractivity contribution >= 4 is 51.6 Å². The Hall–Kier alpha value is -1.61. The Labute approximate surface area is 139 Å². The molecule has 0 bridgehead atoms. The van der Waals surface area contributed by atoms with Gasteiger partial charge in [-0.3, -0.25) is 0 Å². The molecular weight excluding hydrogens is 403 g/mol. The van der Waals surface area contributed by atoms with Gasteiger partial charge in [-0.2, -0.15) is 0 Å². The summed E-state index contributed by atoms with van der Waals surface area (Å²) in [6, 6.07) is 8.41. The highest BCUT2D eigenvalue weighted by atomic mass is 127.